The van der Waals surface area contributed by atoms with E-state index in [1.54, 1.807) is 17.0 Å². The Morgan fingerprint density at radius 1 is 1.26 bits per heavy atom. The molecule has 27 heavy (non-hydrogen) atoms. The molecule has 0 bridgehead atoms. The zero-order valence-electron chi connectivity index (χ0n) is 14.7. The SMILES string of the molecule is C=CCn1c(=O)c2ccccc2n2c(SCC(=O)N3CCOCC3)nnc12. The number of morpholine rings is 1. The fraction of sp³-hybridized carbons (Fsp3) is 0.333. The molecule has 0 radical (unpaired) electrons. The molecule has 2 aromatic heterocycles. The molecule has 0 atom stereocenters. The number of aromatic nitrogens is 4. The first-order chi connectivity index (χ1) is 13.2. The Kier molecular flexibility index (Phi) is 4.95. The van der Waals surface area contributed by atoms with E-state index in [4.69, 9.17) is 4.74 Å². The smallest absolute Gasteiger partial charge is 0.263 e. The molecule has 0 N–H and O–H groups in total. The molecule has 0 aliphatic carbocycles. The minimum Gasteiger partial charge on any atom is -0.378 e. The number of benzene rings is 1. The standard InChI is InChI=1S/C18H19N5O3S/c1-2-7-22-16(25)13-5-3-4-6-14(13)23-17(22)19-20-18(23)27-12-15(24)21-8-10-26-11-9-21/h2-6H,1,7-12H2. The van der Waals surface area contributed by atoms with Crippen LogP contribution in [-0.4, -0.2) is 62.0 Å². The lowest BCUT2D eigenvalue weighted by Gasteiger charge is -2.26. The first kappa shape index (κ1) is 17.7. The second-order valence-electron chi connectivity index (χ2n) is 6.12. The average Bonchev–Trinajstić information content (AvgIpc) is 3.14. The van der Waals surface area contributed by atoms with Crippen molar-refractivity contribution in [1.82, 2.24) is 24.1 Å². The maximum atomic E-state index is 12.8. The molecular formula is C18H19N5O3S. The molecule has 1 fully saturated rings. The highest BCUT2D eigenvalue weighted by Gasteiger charge is 2.20. The van der Waals surface area contributed by atoms with Gasteiger partial charge in [0, 0.05) is 19.6 Å². The van der Waals surface area contributed by atoms with E-state index in [1.807, 2.05) is 22.6 Å². The predicted molar refractivity (Wildman–Crippen MR) is 103 cm³/mol. The van der Waals surface area contributed by atoms with E-state index in [0.29, 0.717) is 49.2 Å². The highest BCUT2D eigenvalue weighted by Crippen LogP contribution is 2.22. The number of carbonyl (C=O) groups is 1. The van der Waals surface area contributed by atoms with Crippen molar-refractivity contribution in [3.8, 4) is 0 Å². The van der Waals surface area contributed by atoms with Crippen LogP contribution in [0, 0.1) is 0 Å². The summed E-state index contributed by atoms with van der Waals surface area (Å²) >= 11 is 1.32. The molecule has 8 nitrogen and oxygen atoms in total. The number of thioether (sulfide) groups is 1. The molecule has 0 spiro atoms. The van der Waals surface area contributed by atoms with Gasteiger partial charge in [-0.2, -0.15) is 0 Å². The van der Waals surface area contributed by atoms with E-state index in [9.17, 15) is 9.59 Å². The third kappa shape index (κ3) is 3.24. The van der Waals surface area contributed by atoms with Crippen LogP contribution in [0.5, 0.6) is 0 Å². The van der Waals surface area contributed by atoms with Gasteiger partial charge < -0.3 is 9.64 Å². The van der Waals surface area contributed by atoms with Crippen LogP contribution >= 0.6 is 11.8 Å². The van der Waals surface area contributed by atoms with E-state index in [0.717, 1.165) is 5.52 Å². The van der Waals surface area contributed by atoms with Crippen molar-refractivity contribution in [2.24, 2.45) is 0 Å². The highest BCUT2D eigenvalue weighted by molar-refractivity contribution is 7.99. The third-order valence-electron chi connectivity index (χ3n) is 4.48. The summed E-state index contributed by atoms with van der Waals surface area (Å²) in [6, 6.07) is 7.34. The van der Waals surface area contributed by atoms with Gasteiger partial charge in [-0.05, 0) is 12.1 Å². The van der Waals surface area contributed by atoms with E-state index < -0.39 is 0 Å². The van der Waals surface area contributed by atoms with Crippen LogP contribution in [0.3, 0.4) is 0 Å². The minimum atomic E-state index is -0.133. The lowest BCUT2D eigenvalue weighted by atomic mass is 10.2. The van der Waals surface area contributed by atoms with Crippen LogP contribution < -0.4 is 5.56 Å². The zero-order chi connectivity index (χ0) is 18.8. The number of hydrogen-bond acceptors (Lipinski definition) is 6. The third-order valence-corrected chi connectivity index (χ3v) is 5.39. The molecule has 1 aliphatic rings. The number of fused-ring (bicyclic) bond motifs is 3. The summed E-state index contributed by atoms with van der Waals surface area (Å²) in [6.07, 6.45) is 1.65. The van der Waals surface area contributed by atoms with E-state index in [-0.39, 0.29) is 17.2 Å². The first-order valence-corrected chi connectivity index (χ1v) is 9.65. The van der Waals surface area contributed by atoms with Crippen LogP contribution in [0.15, 0.2) is 46.9 Å². The Morgan fingerprint density at radius 3 is 2.81 bits per heavy atom. The normalized spacial score (nSPS) is 14.7. The summed E-state index contributed by atoms with van der Waals surface area (Å²) in [6.45, 7) is 6.43. The number of hydrogen-bond donors (Lipinski definition) is 0. The van der Waals surface area contributed by atoms with Gasteiger partial charge in [0.1, 0.15) is 0 Å². The summed E-state index contributed by atoms with van der Waals surface area (Å²) in [5, 5.41) is 9.59. The summed E-state index contributed by atoms with van der Waals surface area (Å²) in [5.41, 5.74) is 0.593. The molecule has 3 aromatic rings. The Morgan fingerprint density at radius 2 is 2.04 bits per heavy atom. The lowest BCUT2D eigenvalue weighted by molar-refractivity contribution is -0.132. The van der Waals surface area contributed by atoms with Crippen LogP contribution in [0.25, 0.3) is 16.7 Å². The minimum absolute atomic E-state index is 0.0452. The molecular weight excluding hydrogens is 366 g/mol. The van der Waals surface area contributed by atoms with Gasteiger partial charge in [0.15, 0.2) is 5.16 Å². The summed E-state index contributed by atoms with van der Waals surface area (Å²) in [4.78, 5) is 27.0. The highest BCUT2D eigenvalue weighted by atomic mass is 32.2. The van der Waals surface area contributed by atoms with Crippen molar-refractivity contribution < 1.29 is 9.53 Å². The van der Waals surface area contributed by atoms with Gasteiger partial charge in [-0.1, -0.05) is 30.0 Å². The number of carbonyl (C=O) groups excluding carboxylic acids is 1. The van der Waals surface area contributed by atoms with Gasteiger partial charge in [-0.3, -0.25) is 18.6 Å². The second kappa shape index (κ2) is 7.53. The largest absolute Gasteiger partial charge is 0.378 e. The van der Waals surface area contributed by atoms with Crippen molar-refractivity contribution in [3.05, 3.63) is 47.3 Å². The van der Waals surface area contributed by atoms with Gasteiger partial charge in [-0.25, -0.2) is 0 Å². The van der Waals surface area contributed by atoms with Crippen LogP contribution in [-0.2, 0) is 16.1 Å². The van der Waals surface area contributed by atoms with Crippen LogP contribution in [0.4, 0.5) is 0 Å². The number of ether oxygens (including phenoxy) is 1. The molecule has 0 saturated carbocycles. The lowest BCUT2D eigenvalue weighted by Crippen LogP contribution is -2.41. The fourth-order valence-corrected chi connectivity index (χ4v) is 3.99. The number of rotatable bonds is 5. The van der Waals surface area contributed by atoms with Crippen LogP contribution in [0.1, 0.15) is 0 Å². The van der Waals surface area contributed by atoms with E-state index >= 15 is 0 Å². The van der Waals surface area contributed by atoms with Crippen molar-refractivity contribution in [3.63, 3.8) is 0 Å². The summed E-state index contributed by atoms with van der Waals surface area (Å²) < 4.78 is 8.65. The Hall–Kier alpha value is -2.65. The van der Waals surface area contributed by atoms with Gasteiger partial charge in [0.05, 0.1) is 29.9 Å². The van der Waals surface area contributed by atoms with Gasteiger partial charge >= 0.3 is 0 Å². The first-order valence-electron chi connectivity index (χ1n) is 8.66. The number of nitrogens with zero attached hydrogens (tertiary/aromatic N) is 5. The molecule has 9 heteroatoms. The number of allylic oxidation sites excluding steroid dienone is 1. The Labute approximate surface area is 159 Å². The average molecular weight is 385 g/mol. The van der Waals surface area contributed by atoms with Crippen molar-refractivity contribution in [2.75, 3.05) is 32.1 Å². The summed E-state index contributed by atoms with van der Waals surface area (Å²) in [7, 11) is 0. The quantitative estimate of drug-likeness (QED) is 0.485. The zero-order valence-corrected chi connectivity index (χ0v) is 15.5. The molecule has 1 aliphatic heterocycles. The van der Waals surface area contributed by atoms with Gasteiger partial charge in [0.2, 0.25) is 11.7 Å². The van der Waals surface area contributed by atoms with Crippen molar-refractivity contribution in [1.29, 1.82) is 0 Å². The van der Waals surface area contributed by atoms with Crippen molar-refractivity contribution >= 4 is 34.3 Å². The Balaban J connectivity index is 1.72. The van der Waals surface area contributed by atoms with E-state index in [1.165, 1.54) is 16.3 Å². The van der Waals surface area contributed by atoms with Gasteiger partial charge in [-0.15, -0.1) is 16.8 Å². The maximum Gasteiger partial charge on any atom is 0.263 e. The summed E-state index contributed by atoms with van der Waals surface area (Å²) in [5.74, 6) is 0.749. The maximum absolute atomic E-state index is 12.8. The topological polar surface area (TPSA) is 81.7 Å². The molecule has 1 amide bonds. The number of para-hydroxylation sites is 1. The van der Waals surface area contributed by atoms with E-state index in [2.05, 4.69) is 16.8 Å². The Bertz CT molecular complexity index is 1070. The number of amides is 1. The molecule has 4 rings (SSSR count). The molecule has 3 heterocycles. The monoisotopic (exact) mass is 385 g/mol. The molecule has 140 valence electrons. The van der Waals surface area contributed by atoms with Gasteiger partial charge in [0.25, 0.3) is 5.56 Å². The molecule has 1 aromatic carbocycles. The van der Waals surface area contributed by atoms with Crippen LogP contribution in [0.2, 0.25) is 0 Å². The molecule has 0 unspecified atom stereocenters. The molecule has 1 saturated heterocycles. The fourth-order valence-electron chi connectivity index (χ4n) is 3.15. The van der Waals surface area contributed by atoms with Crippen molar-refractivity contribution in [2.45, 2.75) is 11.7 Å². The second-order valence-corrected chi connectivity index (χ2v) is 7.06. The predicted octanol–water partition coefficient (Wildman–Crippen LogP) is 1.18.